The third kappa shape index (κ3) is 4.86. The van der Waals surface area contributed by atoms with Gasteiger partial charge >= 0.3 is 6.09 Å². The summed E-state index contributed by atoms with van der Waals surface area (Å²) in [5, 5.41) is 2.36. The second-order valence-electron chi connectivity index (χ2n) is 4.67. The minimum absolute atomic E-state index is 0.387. The van der Waals surface area contributed by atoms with Gasteiger partial charge in [0, 0.05) is 7.05 Å². The number of alkyl carbamates (subject to hydrolysis) is 1. The Labute approximate surface area is 107 Å². The Morgan fingerprint density at radius 3 is 2.50 bits per heavy atom. The predicted octanol–water partition coefficient (Wildman–Crippen LogP) is 2.70. The van der Waals surface area contributed by atoms with E-state index in [4.69, 9.17) is 4.74 Å². The number of para-hydroxylation sites is 2. The number of amides is 1. The van der Waals surface area contributed by atoms with Crippen LogP contribution in [0.4, 0.5) is 4.79 Å². The zero-order chi connectivity index (χ0) is 13.6. The van der Waals surface area contributed by atoms with Crippen LogP contribution in [0.5, 0.6) is 0 Å². The molecule has 0 unspecified atom stereocenters. The molecule has 0 aliphatic rings. The van der Waals surface area contributed by atoms with Crippen molar-refractivity contribution in [1.29, 1.82) is 0 Å². The summed E-state index contributed by atoms with van der Waals surface area (Å²) in [6.07, 6.45) is 1.31. The molecular formula is C13H19N3O2. The number of aromatic amines is 1. The number of ether oxygens (including phenoxy) is 1. The number of carbonyl (C=O) groups excluding carboxylic acids is 1. The van der Waals surface area contributed by atoms with Gasteiger partial charge in [-0.05, 0) is 32.9 Å². The summed E-state index contributed by atoms with van der Waals surface area (Å²) in [6.45, 7) is 5.46. The summed E-state index contributed by atoms with van der Waals surface area (Å²) in [5.41, 5.74) is 1.73. The minimum Gasteiger partial charge on any atom is -0.444 e. The maximum Gasteiger partial charge on any atom is 0.407 e. The fourth-order valence-electron chi connectivity index (χ4n) is 1.21. The van der Waals surface area contributed by atoms with Gasteiger partial charge in [0.2, 0.25) is 0 Å². The molecule has 5 nitrogen and oxygen atoms in total. The fourth-order valence-corrected chi connectivity index (χ4v) is 1.21. The molecule has 2 rings (SSSR count). The van der Waals surface area contributed by atoms with Gasteiger partial charge in [0.25, 0.3) is 0 Å². The molecule has 1 aromatic heterocycles. The summed E-state index contributed by atoms with van der Waals surface area (Å²) in [4.78, 5) is 17.6. The van der Waals surface area contributed by atoms with Crippen LogP contribution >= 0.6 is 0 Å². The molecule has 0 fully saturated rings. The number of hydrogen-bond donors (Lipinski definition) is 2. The third-order valence-electron chi connectivity index (χ3n) is 1.93. The van der Waals surface area contributed by atoms with Gasteiger partial charge in [0.05, 0.1) is 17.4 Å². The van der Waals surface area contributed by atoms with Crippen LogP contribution < -0.4 is 5.32 Å². The van der Waals surface area contributed by atoms with Gasteiger partial charge in [-0.3, -0.25) is 0 Å². The van der Waals surface area contributed by atoms with E-state index in [1.54, 1.807) is 6.33 Å². The summed E-state index contributed by atoms with van der Waals surface area (Å²) in [5.74, 6) is 0. The maximum absolute atomic E-state index is 10.5. The Hall–Kier alpha value is -2.04. The molecule has 18 heavy (non-hydrogen) atoms. The molecule has 0 aliphatic heterocycles. The van der Waals surface area contributed by atoms with E-state index in [9.17, 15) is 4.79 Å². The summed E-state index contributed by atoms with van der Waals surface area (Å²) >= 11 is 0. The van der Waals surface area contributed by atoms with Gasteiger partial charge < -0.3 is 15.0 Å². The van der Waals surface area contributed by atoms with Crippen LogP contribution in [-0.2, 0) is 4.74 Å². The first-order valence-electron chi connectivity index (χ1n) is 5.71. The number of aromatic nitrogens is 2. The lowest BCUT2D eigenvalue weighted by atomic mass is 10.2. The quantitative estimate of drug-likeness (QED) is 0.754. The van der Waals surface area contributed by atoms with Crippen LogP contribution in [0.2, 0.25) is 0 Å². The number of carbonyl (C=O) groups is 1. The number of nitrogens with one attached hydrogen (secondary N) is 2. The van der Waals surface area contributed by atoms with Crippen molar-refractivity contribution >= 4 is 17.1 Å². The number of hydrogen-bond acceptors (Lipinski definition) is 3. The van der Waals surface area contributed by atoms with Crippen LogP contribution in [0.25, 0.3) is 11.0 Å². The number of imidazole rings is 1. The van der Waals surface area contributed by atoms with Crippen LogP contribution in [-0.4, -0.2) is 28.7 Å². The monoisotopic (exact) mass is 249 g/mol. The number of benzene rings is 1. The first-order valence-corrected chi connectivity index (χ1v) is 5.71. The zero-order valence-electron chi connectivity index (χ0n) is 11.2. The second kappa shape index (κ2) is 6.05. The smallest absolute Gasteiger partial charge is 0.407 e. The van der Waals surface area contributed by atoms with Crippen molar-refractivity contribution in [2.75, 3.05) is 7.05 Å². The van der Waals surface area contributed by atoms with Gasteiger partial charge in [0.1, 0.15) is 5.60 Å². The van der Waals surface area contributed by atoms with E-state index < -0.39 is 0 Å². The Bertz CT molecular complexity index is 470. The summed E-state index contributed by atoms with van der Waals surface area (Å²) < 4.78 is 4.84. The molecule has 0 radical (unpaired) electrons. The second-order valence-corrected chi connectivity index (χ2v) is 4.67. The van der Waals surface area contributed by atoms with Gasteiger partial charge in [-0.2, -0.15) is 0 Å². The van der Waals surface area contributed by atoms with E-state index in [1.165, 1.54) is 7.05 Å². The lowest BCUT2D eigenvalue weighted by Crippen LogP contribution is -2.30. The number of fused-ring (bicyclic) bond motifs is 1. The highest BCUT2D eigenvalue weighted by Gasteiger charge is 2.13. The molecule has 2 aromatic rings. The van der Waals surface area contributed by atoms with E-state index in [0.717, 1.165) is 11.0 Å². The first kappa shape index (κ1) is 14.0. The van der Waals surface area contributed by atoms with Crippen molar-refractivity contribution < 1.29 is 9.53 Å². The lowest BCUT2D eigenvalue weighted by molar-refractivity contribution is 0.0541. The van der Waals surface area contributed by atoms with E-state index in [2.05, 4.69) is 15.3 Å². The molecule has 5 heteroatoms. The van der Waals surface area contributed by atoms with E-state index in [1.807, 2.05) is 45.0 Å². The molecule has 0 spiro atoms. The van der Waals surface area contributed by atoms with Crippen LogP contribution in [0, 0.1) is 0 Å². The molecular weight excluding hydrogens is 230 g/mol. The fraction of sp³-hybridized carbons (Fsp3) is 0.385. The summed E-state index contributed by atoms with van der Waals surface area (Å²) in [6, 6.07) is 7.94. The topological polar surface area (TPSA) is 67.0 Å². The van der Waals surface area contributed by atoms with Crippen molar-refractivity contribution in [3.8, 4) is 0 Å². The molecule has 0 bridgehead atoms. The zero-order valence-corrected chi connectivity index (χ0v) is 11.2. The normalized spacial score (nSPS) is 10.4. The van der Waals surface area contributed by atoms with Crippen molar-refractivity contribution in [2.45, 2.75) is 26.4 Å². The molecule has 98 valence electrons. The molecule has 0 saturated carbocycles. The maximum atomic E-state index is 10.5. The van der Waals surface area contributed by atoms with Crippen LogP contribution in [0.1, 0.15) is 20.8 Å². The molecule has 1 aromatic carbocycles. The lowest BCUT2D eigenvalue weighted by Gasteiger charge is -2.18. The van der Waals surface area contributed by atoms with Crippen LogP contribution in [0.15, 0.2) is 30.6 Å². The number of H-pyrrole nitrogens is 1. The van der Waals surface area contributed by atoms with E-state index >= 15 is 0 Å². The molecule has 0 atom stereocenters. The van der Waals surface area contributed by atoms with Crippen molar-refractivity contribution in [3.05, 3.63) is 30.6 Å². The van der Waals surface area contributed by atoms with E-state index in [0.29, 0.717) is 0 Å². The number of rotatable bonds is 0. The van der Waals surface area contributed by atoms with Crippen molar-refractivity contribution in [1.82, 2.24) is 15.3 Å². The largest absolute Gasteiger partial charge is 0.444 e. The molecule has 1 heterocycles. The highest BCUT2D eigenvalue weighted by molar-refractivity contribution is 5.73. The Morgan fingerprint density at radius 2 is 2.00 bits per heavy atom. The van der Waals surface area contributed by atoms with Gasteiger partial charge in [-0.15, -0.1) is 0 Å². The number of nitrogens with zero attached hydrogens (tertiary/aromatic N) is 1. The highest BCUT2D eigenvalue weighted by atomic mass is 16.6. The molecule has 2 N–H and O–H groups in total. The Balaban J connectivity index is 0.000000180. The highest BCUT2D eigenvalue weighted by Crippen LogP contribution is 2.06. The SMILES string of the molecule is CNC(=O)OC(C)(C)C.c1ccc2[nH]cnc2c1. The van der Waals surface area contributed by atoms with Crippen molar-refractivity contribution in [2.24, 2.45) is 0 Å². The standard InChI is InChI=1S/C7H6N2.C6H13NO2/c1-2-4-7-6(3-1)8-5-9-7;1-6(2,3)9-5(8)7-4/h1-5H,(H,8,9);1-4H3,(H,7,8). The van der Waals surface area contributed by atoms with Gasteiger partial charge in [-0.1, -0.05) is 12.1 Å². The first-order chi connectivity index (χ1) is 8.42. The molecule has 1 amide bonds. The van der Waals surface area contributed by atoms with Crippen LogP contribution in [0.3, 0.4) is 0 Å². The van der Waals surface area contributed by atoms with Crippen molar-refractivity contribution in [3.63, 3.8) is 0 Å². The minimum atomic E-state index is -0.389. The summed E-state index contributed by atoms with van der Waals surface area (Å²) in [7, 11) is 1.54. The molecule has 0 saturated heterocycles. The third-order valence-corrected chi connectivity index (χ3v) is 1.93. The van der Waals surface area contributed by atoms with Gasteiger partial charge in [-0.25, -0.2) is 9.78 Å². The molecule has 0 aliphatic carbocycles. The predicted molar refractivity (Wildman–Crippen MR) is 71.4 cm³/mol. The Kier molecular flexibility index (Phi) is 4.71. The average molecular weight is 249 g/mol. The van der Waals surface area contributed by atoms with E-state index in [-0.39, 0.29) is 11.7 Å². The van der Waals surface area contributed by atoms with Gasteiger partial charge in [0.15, 0.2) is 0 Å². The average Bonchev–Trinajstić information content (AvgIpc) is 2.75. The Morgan fingerprint density at radius 1 is 1.33 bits per heavy atom.